The van der Waals surface area contributed by atoms with Crippen molar-refractivity contribution in [2.75, 3.05) is 18.9 Å². The van der Waals surface area contributed by atoms with Crippen molar-refractivity contribution in [1.82, 2.24) is 25.2 Å². The zero-order valence-corrected chi connectivity index (χ0v) is 16.2. The van der Waals surface area contributed by atoms with Gasteiger partial charge in [-0.05, 0) is 26.5 Å². The molecular weight excluding hydrogens is 380 g/mol. The number of anilines is 1. The number of nitrogens with one attached hydrogen (secondary N) is 3. The summed E-state index contributed by atoms with van der Waals surface area (Å²) in [6.45, 7) is 2.31. The Morgan fingerprint density at radius 3 is 2.83 bits per heavy atom. The second kappa shape index (κ2) is 7.84. The van der Waals surface area contributed by atoms with Crippen LogP contribution in [-0.4, -0.2) is 97.4 Å². The number of carbonyl (C=O) groups excluding carboxylic acids is 1. The third kappa shape index (κ3) is 3.67. The van der Waals surface area contributed by atoms with E-state index in [2.05, 4.69) is 25.6 Å². The number of ether oxygens (including phenoxy) is 1. The molecular formula is C18H26N6O5. The molecule has 2 aliphatic rings. The highest BCUT2D eigenvalue weighted by Crippen LogP contribution is 2.25. The van der Waals surface area contributed by atoms with Gasteiger partial charge in [0.25, 0.3) is 0 Å². The number of fused-ring (bicyclic) bond motifs is 1. The summed E-state index contributed by atoms with van der Waals surface area (Å²) in [5.41, 5.74) is 1.35. The van der Waals surface area contributed by atoms with Gasteiger partial charge in [0, 0.05) is 12.7 Å². The van der Waals surface area contributed by atoms with Gasteiger partial charge in [-0.3, -0.25) is 9.69 Å². The van der Waals surface area contributed by atoms with Gasteiger partial charge in [0.15, 0.2) is 12.0 Å². The van der Waals surface area contributed by atoms with E-state index in [0.717, 1.165) is 0 Å². The molecule has 6 N–H and O–H groups in total. The van der Waals surface area contributed by atoms with Crippen LogP contribution in [0.15, 0.2) is 18.6 Å². The highest BCUT2D eigenvalue weighted by Gasteiger charge is 2.45. The van der Waals surface area contributed by atoms with Gasteiger partial charge in [0.2, 0.25) is 5.91 Å². The molecule has 11 nitrogen and oxygen atoms in total. The lowest BCUT2D eigenvalue weighted by Crippen LogP contribution is -2.65. The number of amides is 1. The molecule has 0 radical (unpaired) electrons. The number of aromatic nitrogens is 3. The van der Waals surface area contributed by atoms with E-state index < -0.39 is 48.6 Å². The molecule has 0 saturated carbocycles. The number of nitrogens with zero attached hydrogens (tertiary/aromatic N) is 3. The van der Waals surface area contributed by atoms with Crippen LogP contribution in [0.5, 0.6) is 0 Å². The van der Waals surface area contributed by atoms with E-state index in [0.29, 0.717) is 29.8 Å². The molecule has 2 saturated heterocycles. The number of rotatable bonds is 4. The van der Waals surface area contributed by atoms with Crippen LogP contribution in [0.2, 0.25) is 0 Å². The molecule has 158 valence electrons. The van der Waals surface area contributed by atoms with Crippen molar-refractivity contribution < 1.29 is 24.9 Å². The molecule has 0 bridgehead atoms. The first-order valence-electron chi connectivity index (χ1n) is 9.61. The maximum absolute atomic E-state index is 12.6. The summed E-state index contributed by atoms with van der Waals surface area (Å²) in [5, 5.41) is 37.0. The Balaban J connectivity index is 1.45. The van der Waals surface area contributed by atoms with Gasteiger partial charge in [0.1, 0.15) is 30.1 Å². The van der Waals surface area contributed by atoms with Gasteiger partial charge in [-0.2, -0.15) is 0 Å². The molecule has 4 heterocycles. The van der Waals surface area contributed by atoms with Gasteiger partial charge in [-0.15, -0.1) is 0 Å². The lowest BCUT2D eigenvalue weighted by molar-refractivity contribution is -0.173. The Morgan fingerprint density at radius 2 is 2.10 bits per heavy atom. The van der Waals surface area contributed by atoms with Crippen LogP contribution in [0.1, 0.15) is 13.3 Å². The van der Waals surface area contributed by atoms with E-state index >= 15 is 0 Å². The molecule has 2 fully saturated rings. The lowest BCUT2D eigenvalue weighted by Gasteiger charge is -2.42. The van der Waals surface area contributed by atoms with E-state index in [9.17, 15) is 20.1 Å². The maximum atomic E-state index is 12.6. The summed E-state index contributed by atoms with van der Waals surface area (Å²) in [6.07, 6.45) is -1.27. The van der Waals surface area contributed by atoms with Crippen molar-refractivity contribution >= 4 is 22.8 Å². The molecule has 0 unspecified atom stereocenters. The number of hydrogen-bond acceptors (Lipinski definition) is 9. The zero-order chi connectivity index (χ0) is 20.7. The third-order valence-electron chi connectivity index (χ3n) is 5.71. The Bertz CT molecular complexity index is 867. The van der Waals surface area contributed by atoms with E-state index in [1.807, 2.05) is 0 Å². The van der Waals surface area contributed by atoms with E-state index in [-0.39, 0.29) is 0 Å². The zero-order valence-electron chi connectivity index (χ0n) is 16.2. The van der Waals surface area contributed by atoms with Crippen molar-refractivity contribution in [2.24, 2.45) is 0 Å². The normalized spacial score (nSPS) is 35.7. The van der Waals surface area contributed by atoms with Crippen molar-refractivity contribution in [3.05, 3.63) is 18.6 Å². The van der Waals surface area contributed by atoms with E-state index in [1.54, 1.807) is 31.1 Å². The molecule has 0 aromatic carbocycles. The van der Waals surface area contributed by atoms with Crippen molar-refractivity contribution in [2.45, 2.75) is 56.1 Å². The fraction of sp³-hybridized carbons (Fsp3) is 0.611. The van der Waals surface area contributed by atoms with Crippen LogP contribution in [0.4, 0.5) is 5.82 Å². The summed E-state index contributed by atoms with van der Waals surface area (Å²) in [5.74, 6) is 0.0288. The fourth-order valence-electron chi connectivity index (χ4n) is 4.05. The number of likely N-dealkylation sites (tertiary alicyclic amines) is 1. The SMILES string of the molecule is C[C@@H]1O[C@H](Nc2ncnc3cc[nH]c23)[C@@H](O)[C@H](O)[C@H]1NC(=O)[C@H]1[C@@H](O)CCN1C. The van der Waals surface area contributed by atoms with Crippen LogP contribution in [0, 0.1) is 0 Å². The Hall–Kier alpha value is -2.31. The Morgan fingerprint density at radius 1 is 1.31 bits per heavy atom. The summed E-state index contributed by atoms with van der Waals surface area (Å²) >= 11 is 0. The molecule has 0 aliphatic carbocycles. The van der Waals surface area contributed by atoms with Gasteiger partial charge < -0.3 is 35.7 Å². The van der Waals surface area contributed by atoms with Crippen molar-refractivity contribution in [1.29, 1.82) is 0 Å². The Labute approximate surface area is 167 Å². The maximum Gasteiger partial charge on any atom is 0.240 e. The van der Waals surface area contributed by atoms with Crippen LogP contribution >= 0.6 is 0 Å². The third-order valence-corrected chi connectivity index (χ3v) is 5.71. The minimum absolute atomic E-state index is 0.403. The largest absolute Gasteiger partial charge is 0.391 e. The molecule has 2 aromatic rings. The topological polar surface area (TPSA) is 156 Å². The minimum Gasteiger partial charge on any atom is -0.391 e. The lowest BCUT2D eigenvalue weighted by atomic mass is 9.95. The highest BCUT2D eigenvalue weighted by molar-refractivity contribution is 5.85. The highest BCUT2D eigenvalue weighted by atomic mass is 16.5. The number of carbonyl (C=O) groups is 1. The molecule has 0 spiro atoms. The Kier molecular flexibility index (Phi) is 5.40. The van der Waals surface area contributed by atoms with Gasteiger partial charge >= 0.3 is 0 Å². The molecule has 29 heavy (non-hydrogen) atoms. The average Bonchev–Trinajstić information content (AvgIpc) is 3.30. The first-order chi connectivity index (χ1) is 13.9. The number of aliphatic hydroxyl groups excluding tert-OH is 3. The van der Waals surface area contributed by atoms with Crippen molar-refractivity contribution in [3.63, 3.8) is 0 Å². The molecule has 1 amide bonds. The summed E-state index contributed by atoms with van der Waals surface area (Å²) < 4.78 is 5.84. The summed E-state index contributed by atoms with van der Waals surface area (Å²) in [4.78, 5) is 25.7. The molecule has 7 atom stereocenters. The predicted molar refractivity (Wildman–Crippen MR) is 103 cm³/mol. The first kappa shape index (κ1) is 20.0. The molecule has 11 heteroatoms. The number of likely N-dealkylation sites (N-methyl/N-ethyl adjacent to an activating group) is 1. The average molecular weight is 406 g/mol. The minimum atomic E-state index is -1.32. The van der Waals surface area contributed by atoms with Gasteiger partial charge in [-0.25, -0.2) is 9.97 Å². The summed E-state index contributed by atoms with van der Waals surface area (Å²) in [6, 6.07) is 0.273. The quantitative estimate of drug-likeness (QED) is 0.351. The predicted octanol–water partition coefficient (Wildman–Crippen LogP) is -1.61. The van der Waals surface area contributed by atoms with Crippen LogP contribution in [0.3, 0.4) is 0 Å². The molecule has 4 rings (SSSR count). The summed E-state index contributed by atoms with van der Waals surface area (Å²) in [7, 11) is 1.76. The monoisotopic (exact) mass is 406 g/mol. The second-order valence-electron chi connectivity index (χ2n) is 7.66. The second-order valence-corrected chi connectivity index (χ2v) is 7.66. The van der Waals surface area contributed by atoms with E-state index in [1.165, 1.54) is 6.33 Å². The first-order valence-corrected chi connectivity index (χ1v) is 9.61. The fourth-order valence-corrected chi connectivity index (χ4v) is 4.05. The number of aromatic amines is 1. The van der Waals surface area contributed by atoms with Gasteiger partial charge in [-0.1, -0.05) is 0 Å². The van der Waals surface area contributed by atoms with Crippen molar-refractivity contribution in [3.8, 4) is 0 Å². The van der Waals surface area contributed by atoms with Gasteiger partial charge in [0.05, 0.1) is 23.8 Å². The number of aliphatic hydroxyl groups is 3. The molecule has 2 aliphatic heterocycles. The molecule has 2 aromatic heterocycles. The standard InChI is InChI=1S/C18H26N6O5/c1-8-11(22-17(28)13-10(25)4-6-24(13)2)14(26)15(27)18(29-8)23-16-12-9(3-5-19-12)20-7-21-16/h3,5,7-8,10-11,13-15,18-19,25-27H,4,6H2,1-2H3,(H,22,28)(H,20,21,23)/t8-,10-,11-,13+,14+,15-,18-/m0/s1. The van der Waals surface area contributed by atoms with Crippen LogP contribution in [-0.2, 0) is 9.53 Å². The number of H-pyrrole nitrogens is 1. The van der Waals surface area contributed by atoms with Crippen LogP contribution in [0.25, 0.3) is 11.0 Å². The smallest absolute Gasteiger partial charge is 0.240 e. The van der Waals surface area contributed by atoms with E-state index in [4.69, 9.17) is 4.74 Å². The number of hydrogen-bond donors (Lipinski definition) is 6. The van der Waals surface area contributed by atoms with Crippen LogP contribution < -0.4 is 10.6 Å².